The van der Waals surface area contributed by atoms with Crippen LogP contribution in [0.3, 0.4) is 0 Å². The van der Waals surface area contributed by atoms with Crippen LogP contribution in [0.4, 0.5) is 0 Å². The summed E-state index contributed by atoms with van der Waals surface area (Å²) in [5.74, 6) is -1.55. The average molecular weight is 400 g/mol. The minimum Gasteiger partial charge on any atom is -0.462 e. The van der Waals surface area contributed by atoms with E-state index in [4.69, 9.17) is 14.0 Å². The Morgan fingerprint density at radius 2 is 1.41 bits per heavy atom. The van der Waals surface area contributed by atoms with Crippen molar-refractivity contribution in [3.8, 4) is 5.75 Å². The molecule has 27 heavy (non-hydrogen) atoms. The zero-order valence-electron chi connectivity index (χ0n) is 15.7. The molecule has 0 spiro atoms. The van der Waals surface area contributed by atoms with E-state index < -0.39 is 22.3 Å². The maximum atomic E-state index is 12.3. The summed E-state index contributed by atoms with van der Waals surface area (Å²) in [6.07, 6.45) is 1.28. The van der Waals surface area contributed by atoms with Crippen molar-refractivity contribution >= 4 is 28.4 Å². The van der Waals surface area contributed by atoms with E-state index in [0.717, 1.165) is 0 Å². The fourth-order valence-corrected chi connectivity index (χ4v) is 2.10. The molecule has 0 aromatic heterocycles. The van der Waals surface area contributed by atoms with Gasteiger partial charge in [-0.1, -0.05) is 39.8 Å². The lowest BCUT2D eigenvalue weighted by Crippen LogP contribution is -2.21. The molecule has 1 aromatic carbocycles. The molecule has 150 valence electrons. The summed E-state index contributed by atoms with van der Waals surface area (Å²) in [5, 5.41) is 0. The molecule has 1 rings (SSSR count). The van der Waals surface area contributed by atoms with Crippen molar-refractivity contribution in [2.45, 2.75) is 27.7 Å². The van der Waals surface area contributed by atoms with Gasteiger partial charge in [-0.05, 0) is 35.6 Å². The van der Waals surface area contributed by atoms with Crippen molar-refractivity contribution in [3.05, 3.63) is 35.4 Å². The van der Waals surface area contributed by atoms with Crippen LogP contribution in [0.1, 0.15) is 33.3 Å². The van der Waals surface area contributed by atoms with Gasteiger partial charge in [-0.25, -0.2) is 9.59 Å². The first-order chi connectivity index (χ1) is 12.5. The SMILES string of the molecule is CC(C)COC(=O)C(=Cc1ccc(OS(=O)(=O)O)cc1)C(=O)OCC(C)C. The van der Waals surface area contributed by atoms with E-state index in [1.165, 1.54) is 30.3 Å². The summed E-state index contributed by atoms with van der Waals surface area (Å²) in [7, 11) is -4.63. The average Bonchev–Trinajstić information content (AvgIpc) is 2.55. The number of hydrogen-bond donors (Lipinski definition) is 1. The van der Waals surface area contributed by atoms with Crippen molar-refractivity contribution in [2.24, 2.45) is 11.8 Å². The molecule has 1 N–H and O–H groups in total. The summed E-state index contributed by atoms with van der Waals surface area (Å²) in [4.78, 5) is 24.5. The van der Waals surface area contributed by atoms with Crippen LogP contribution in [-0.2, 0) is 29.5 Å². The van der Waals surface area contributed by atoms with Crippen molar-refractivity contribution in [1.82, 2.24) is 0 Å². The van der Waals surface area contributed by atoms with Crippen LogP contribution < -0.4 is 4.18 Å². The van der Waals surface area contributed by atoms with Crippen LogP contribution in [-0.4, -0.2) is 38.1 Å². The molecular weight excluding hydrogens is 376 g/mol. The summed E-state index contributed by atoms with van der Waals surface area (Å²) >= 11 is 0. The molecule has 0 unspecified atom stereocenters. The molecule has 0 saturated heterocycles. The summed E-state index contributed by atoms with van der Waals surface area (Å²) in [6.45, 7) is 7.75. The van der Waals surface area contributed by atoms with Gasteiger partial charge in [0.05, 0.1) is 13.2 Å². The third-order valence-electron chi connectivity index (χ3n) is 2.93. The van der Waals surface area contributed by atoms with Gasteiger partial charge in [-0.2, -0.15) is 8.42 Å². The molecule has 0 fully saturated rings. The predicted octanol–water partition coefficient (Wildman–Crippen LogP) is 2.65. The molecule has 0 bridgehead atoms. The Morgan fingerprint density at radius 1 is 0.963 bits per heavy atom. The first-order valence-corrected chi connectivity index (χ1v) is 9.67. The molecule has 0 saturated carbocycles. The lowest BCUT2D eigenvalue weighted by molar-refractivity contribution is -0.148. The number of ether oxygens (including phenoxy) is 2. The van der Waals surface area contributed by atoms with Crippen molar-refractivity contribution in [2.75, 3.05) is 13.2 Å². The van der Waals surface area contributed by atoms with Crippen LogP contribution in [0, 0.1) is 11.8 Å². The number of carbonyl (C=O) groups is 2. The van der Waals surface area contributed by atoms with E-state index in [2.05, 4.69) is 4.18 Å². The largest absolute Gasteiger partial charge is 0.462 e. The van der Waals surface area contributed by atoms with E-state index in [0.29, 0.717) is 5.56 Å². The number of hydrogen-bond acceptors (Lipinski definition) is 7. The summed E-state index contributed by atoms with van der Waals surface area (Å²) < 4.78 is 44.6. The first-order valence-electron chi connectivity index (χ1n) is 8.31. The Balaban J connectivity index is 3.05. The molecule has 0 aliphatic rings. The maximum absolute atomic E-state index is 12.3. The summed E-state index contributed by atoms with van der Waals surface area (Å²) in [5.41, 5.74) is 0.135. The van der Waals surface area contributed by atoms with E-state index >= 15 is 0 Å². The Hall–Kier alpha value is -2.39. The molecule has 9 heteroatoms. The molecule has 0 amide bonds. The van der Waals surface area contributed by atoms with E-state index in [9.17, 15) is 18.0 Å². The number of rotatable bonds is 9. The number of carbonyl (C=O) groups excluding carboxylic acids is 2. The minimum atomic E-state index is -4.63. The second-order valence-electron chi connectivity index (χ2n) is 6.62. The lowest BCUT2D eigenvalue weighted by atomic mass is 10.1. The highest BCUT2D eigenvalue weighted by Gasteiger charge is 2.22. The standard InChI is InChI=1S/C18H24O8S/c1-12(2)10-24-17(19)16(18(20)25-11-13(3)4)9-14-5-7-15(8-6-14)26-27(21,22)23/h5-9,12-13H,10-11H2,1-4H3,(H,21,22,23). The van der Waals surface area contributed by atoms with E-state index in [1.807, 2.05) is 27.7 Å². The highest BCUT2D eigenvalue weighted by molar-refractivity contribution is 7.81. The predicted molar refractivity (Wildman–Crippen MR) is 98.2 cm³/mol. The maximum Gasteiger partial charge on any atom is 0.446 e. The Labute approximate surface area is 159 Å². The van der Waals surface area contributed by atoms with Crippen LogP contribution >= 0.6 is 0 Å². The van der Waals surface area contributed by atoms with Gasteiger partial charge in [-0.15, -0.1) is 0 Å². The Kier molecular flexibility index (Phi) is 8.45. The zero-order chi connectivity index (χ0) is 20.6. The van der Waals surface area contributed by atoms with E-state index in [1.54, 1.807) is 0 Å². The fourth-order valence-electron chi connectivity index (χ4n) is 1.75. The lowest BCUT2D eigenvalue weighted by Gasteiger charge is -2.11. The Morgan fingerprint density at radius 3 is 1.78 bits per heavy atom. The molecule has 0 radical (unpaired) electrons. The normalized spacial score (nSPS) is 11.2. The quantitative estimate of drug-likeness (QED) is 0.221. The fraction of sp³-hybridized carbons (Fsp3) is 0.444. The molecule has 0 aliphatic heterocycles. The van der Waals surface area contributed by atoms with Crippen molar-refractivity contribution < 1.29 is 36.2 Å². The molecule has 0 heterocycles. The third-order valence-corrected chi connectivity index (χ3v) is 3.33. The second-order valence-corrected chi connectivity index (χ2v) is 7.64. The number of benzene rings is 1. The summed E-state index contributed by atoms with van der Waals surface area (Å²) in [6, 6.07) is 5.34. The topological polar surface area (TPSA) is 116 Å². The van der Waals surface area contributed by atoms with Gasteiger partial charge in [-0.3, -0.25) is 4.55 Å². The highest BCUT2D eigenvalue weighted by Crippen LogP contribution is 2.17. The van der Waals surface area contributed by atoms with E-state index in [-0.39, 0.29) is 36.4 Å². The molecule has 8 nitrogen and oxygen atoms in total. The van der Waals surface area contributed by atoms with Gasteiger partial charge in [0.1, 0.15) is 11.3 Å². The first kappa shape index (κ1) is 22.7. The minimum absolute atomic E-state index is 0.0961. The monoisotopic (exact) mass is 400 g/mol. The van der Waals surface area contributed by atoms with Crippen LogP contribution in [0.15, 0.2) is 29.8 Å². The van der Waals surface area contributed by atoms with Gasteiger partial charge in [0.15, 0.2) is 0 Å². The highest BCUT2D eigenvalue weighted by atomic mass is 32.3. The van der Waals surface area contributed by atoms with Crippen LogP contribution in [0.5, 0.6) is 5.75 Å². The smallest absolute Gasteiger partial charge is 0.446 e. The van der Waals surface area contributed by atoms with Crippen molar-refractivity contribution in [1.29, 1.82) is 0 Å². The van der Waals surface area contributed by atoms with Crippen molar-refractivity contribution in [3.63, 3.8) is 0 Å². The van der Waals surface area contributed by atoms with Gasteiger partial charge in [0, 0.05) is 0 Å². The molecular formula is C18H24O8S. The van der Waals surface area contributed by atoms with Gasteiger partial charge in [0.2, 0.25) is 0 Å². The Bertz CT molecular complexity index is 750. The zero-order valence-corrected chi connectivity index (χ0v) is 16.5. The number of esters is 2. The third kappa shape index (κ3) is 9.20. The van der Waals surface area contributed by atoms with Gasteiger partial charge in [0.25, 0.3) is 0 Å². The van der Waals surface area contributed by atoms with Gasteiger partial charge < -0.3 is 13.7 Å². The van der Waals surface area contributed by atoms with Crippen LogP contribution in [0.2, 0.25) is 0 Å². The molecule has 0 atom stereocenters. The van der Waals surface area contributed by atoms with Crippen LogP contribution in [0.25, 0.3) is 6.08 Å². The molecule has 1 aromatic rings. The molecule has 0 aliphatic carbocycles. The van der Waals surface area contributed by atoms with Gasteiger partial charge >= 0.3 is 22.3 Å². The second kappa shape index (κ2) is 10.1.